The van der Waals surface area contributed by atoms with Crippen molar-refractivity contribution in [2.24, 2.45) is 10.2 Å². The summed E-state index contributed by atoms with van der Waals surface area (Å²) in [5.74, 6) is -1.18. The third-order valence-electron chi connectivity index (χ3n) is 2.86. The van der Waals surface area contributed by atoms with E-state index in [-0.39, 0.29) is 5.56 Å². The average molecular weight is 272 g/mol. The van der Waals surface area contributed by atoms with Crippen LogP contribution >= 0.6 is 0 Å². The molecule has 0 saturated carbocycles. The Kier molecular flexibility index (Phi) is 4.35. The van der Waals surface area contributed by atoms with E-state index in [2.05, 4.69) is 10.2 Å². The fraction of sp³-hybridized carbons (Fsp3) is 0.125. The molecule has 0 aromatic heterocycles. The van der Waals surface area contributed by atoms with Gasteiger partial charge in [-0.1, -0.05) is 29.8 Å². The molecule has 0 aliphatic rings. The van der Waals surface area contributed by atoms with Crippen molar-refractivity contribution in [2.45, 2.75) is 13.8 Å². The summed E-state index contributed by atoms with van der Waals surface area (Å²) in [6.45, 7) is 3.39. The average Bonchev–Trinajstić information content (AvgIpc) is 2.43. The molecule has 0 fully saturated rings. The Hall–Kier alpha value is -2.36. The summed E-state index contributed by atoms with van der Waals surface area (Å²) in [5, 5.41) is 7.63. The van der Waals surface area contributed by atoms with Crippen LogP contribution in [0.25, 0.3) is 0 Å². The number of rotatable bonds is 3. The lowest BCUT2D eigenvalue weighted by Crippen LogP contribution is -1.92. The molecule has 2 rings (SSSR count). The molecule has 2 aromatic rings. The zero-order valence-corrected chi connectivity index (χ0v) is 11.3. The van der Waals surface area contributed by atoms with Crippen LogP contribution in [0.1, 0.15) is 22.3 Å². The molecule has 0 aliphatic heterocycles. The largest absolute Gasteiger partial charge is 0.207 e. The van der Waals surface area contributed by atoms with Crippen molar-refractivity contribution in [1.29, 1.82) is 0 Å². The third-order valence-corrected chi connectivity index (χ3v) is 2.86. The molecule has 0 unspecified atom stereocenters. The molecule has 0 atom stereocenters. The van der Waals surface area contributed by atoms with E-state index in [4.69, 9.17) is 0 Å². The molecule has 20 heavy (non-hydrogen) atoms. The van der Waals surface area contributed by atoms with Crippen LogP contribution in [0.3, 0.4) is 0 Å². The van der Waals surface area contributed by atoms with Crippen molar-refractivity contribution in [3.63, 3.8) is 0 Å². The molecule has 0 saturated heterocycles. The molecule has 102 valence electrons. The van der Waals surface area contributed by atoms with Crippen molar-refractivity contribution in [3.8, 4) is 0 Å². The number of benzene rings is 2. The van der Waals surface area contributed by atoms with Crippen LogP contribution < -0.4 is 0 Å². The Balaban J connectivity index is 2.08. The second-order valence-corrected chi connectivity index (χ2v) is 4.51. The van der Waals surface area contributed by atoms with Crippen LogP contribution in [0, 0.1) is 25.5 Å². The highest BCUT2D eigenvalue weighted by molar-refractivity contribution is 5.82. The van der Waals surface area contributed by atoms with Gasteiger partial charge in [-0.3, -0.25) is 0 Å². The first kappa shape index (κ1) is 14.1. The molecule has 2 aromatic carbocycles. The van der Waals surface area contributed by atoms with Gasteiger partial charge in [-0.15, -0.1) is 0 Å². The van der Waals surface area contributed by atoms with E-state index in [1.54, 1.807) is 6.21 Å². The Morgan fingerprint density at radius 1 is 0.800 bits per heavy atom. The number of hydrogen-bond acceptors (Lipinski definition) is 2. The Labute approximate surface area is 116 Å². The minimum absolute atomic E-state index is 0.00491. The monoisotopic (exact) mass is 272 g/mol. The molecule has 0 N–H and O–H groups in total. The van der Waals surface area contributed by atoms with Crippen LogP contribution in [0.4, 0.5) is 8.78 Å². The highest BCUT2D eigenvalue weighted by Crippen LogP contribution is 2.12. The number of hydrogen-bond donors (Lipinski definition) is 0. The number of aryl methyl sites for hydroxylation is 1. The van der Waals surface area contributed by atoms with Gasteiger partial charge in [0.05, 0.1) is 12.4 Å². The molecule has 0 amide bonds. The maximum atomic E-state index is 13.3. The second kappa shape index (κ2) is 6.19. The summed E-state index contributed by atoms with van der Waals surface area (Å²) in [5.41, 5.74) is 2.42. The molecular formula is C16H14F2N2. The van der Waals surface area contributed by atoms with Crippen LogP contribution in [-0.2, 0) is 0 Å². The lowest BCUT2D eigenvalue weighted by atomic mass is 10.1. The molecule has 4 heteroatoms. The minimum Gasteiger partial charge on any atom is -0.207 e. The molecule has 0 radical (unpaired) electrons. The van der Waals surface area contributed by atoms with Gasteiger partial charge in [-0.2, -0.15) is 10.2 Å². The zero-order chi connectivity index (χ0) is 14.5. The summed E-state index contributed by atoms with van der Waals surface area (Å²) < 4.78 is 26.6. The standard InChI is InChI=1S/C16H14F2N2/c1-11-3-5-13(6-4-11)9-19-20-10-14-7-15(17)12(2)16(18)8-14/h3-10H,1-2H3/b19-9+,20-10+. The predicted octanol–water partition coefficient (Wildman–Crippen LogP) is 4.03. The maximum absolute atomic E-state index is 13.3. The van der Waals surface area contributed by atoms with E-state index < -0.39 is 11.6 Å². The van der Waals surface area contributed by atoms with Gasteiger partial charge in [0, 0.05) is 11.1 Å². The first-order valence-corrected chi connectivity index (χ1v) is 6.15. The Morgan fingerprint density at radius 2 is 1.30 bits per heavy atom. The first-order valence-electron chi connectivity index (χ1n) is 6.15. The number of halogens is 2. The van der Waals surface area contributed by atoms with Gasteiger partial charge < -0.3 is 0 Å². The molecule has 0 aliphatic carbocycles. The summed E-state index contributed by atoms with van der Waals surface area (Å²) in [4.78, 5) is 0. The van der Waals surface area contributed by atoms with Crippen molar-refractivity contribution in [1.82, 2.24) is 0 Å². The van der Waals surface area contributed by atoms with E-state index in [1.807, 2.05) is 31.2 Å². The highest BCUT2D eigenvalue weighted by Gasteiger charge is 2.04. The van der Waals surface area contributed by atoms with Crippen molar-refractivity contribution < 1.29 is 8.78 Å². The Morgan fingerprint density at radius 3 is 1.85 bits per heavy atom. The molecule has 0 bridgehead atoms. The highest BCUT2D eigenvalue weighted by atomic mass is 19.1. The lowest BCUT2D eigenvalue weighted by molar-refractivity contribution is 0.568. The molecular weight excluding hydrogens is 258 g/mol. The molecule has 0 spiro atoms. The van der Waals surface area contributed by atoms with Gasteiger partial charge in [-0.25, -0.2) is 8.78 Å². The minimum atomic E-state index is -0.589. The zero-order valence-electron chi connectivity index (χ0n) is 11.3. The van der Waals surface area contributed by atoms with E-state index in [0.717, 1.165) is 11.1 Å². The first-order chi connectivity index (χ1) is 9.56. The predicted molar refractivity (Wildman–Crippen MR) is 77.5 cm³/mol. The van der Waals surface area contributed by atoms with Crippen LogP contribution in [0.2, 0.25) is 0 Å². The molecule has 0 heterocycles. The summed E-state index contributed by atoms with van der Waals surface area (Å²) in [6.07, 6.45) is 2.90. The normalized spacial score (nSPS) is 11.6. The van der Waals surface area contributed by atoms with Crippen LogP contribution in [-0.4, -0.2) is 12.4 Å². The van der Waals surface area contributed by atoms with Gasteiger partial charge in [0.15, 0.2) is 0 Å². The Bertz CT molecular complexity index is 636. The summed E-state index contributed by atoms with van der Waals surface area (Å²) in [6, 6.07) is 10.2. The van der Waals surface area contributed by atoms with E-state index >= 15 is 0 Å². The number of nitrogens with zero attached hydrogens (tertiary/aromatic N) is 2. The topological polar surface area (TPSA) is 24.7 Å². The lowest BCUT2D eigenvalue weighted by Gasteiger charge is -1.99. The van der Waals surface area contributed by atoms with Gasteiger partial charge in [-0.05, 0) is 31.5 Å². The van der Waals surface area contributed by atoms with Crippen LogP contribution in [0.15, 0.2) is 46.6 Å². The summed E-state index contributed by atoms with van der Waals surface area (Å²) in [7, 11) is 0. The van der Waals surface area contributed by atoms with E-state index in [9.17, 15) is 8.78 Å². The smallest absolute Gasteiger partial charge is 0.129 e. The van der Waals surface area contributed by atoms with Gasteiger partial charge in [0.2, 0.25) is 0 Å². The van der Waals surface area contributed by atoms with Crippen molar-refractivity contribution >= 4 is 12.4 Å². The quantitative estimate of drug-likeness (QED) is 0.595. The maximum Gasteiger partial charge on any atom is 0.129 e. The van der Waals surface area contributed by atoms with Gasteiger partial charge in [0.25, 0.3) is 0 Å². The summed E-state index contributed by atoms with van der Waals surface area (Å²) >= 11 is 0. The fourth-order valence-corrected chi connectivity index (χ4v) is 1.59. The second-order valence-electron chi connectivity index (χ2n) is 4.51. The fourth-order valence-electron chi connectivity index (χ4n) is 1.59. The van der Waals surface area contributed by atoms with Gasteiger partial charge >= 0.3 is 0 Å². The SMILES string of the molecule is Cc1ccc(/C=N/N=C/c2cc(F)c(C)c(F)c2)cc1. The van der Waals surface area contributed by atoms with Crippen LogP contribution in [0.5, 0.6) is 0 Å². The van der Waals surface area contributed by atoms with Crippen molar-refractivity contribution in [3.05, 3.63) is 70.3 Å². The molecule has 2 nitrogen and oxygen atoms in total. The van der Waals surface area contributed by atoms with E-state index in [1.165, 1.54) is 25.3 Å². The third kappa shape index (κ3) is 3.57. The van der Waals surface area contributed by atoms with E-state index in [0.29, 0.717) is 5.56 Å². The van der Waals surface area contributed by atoms with Gasteiger partial charge in [0.1, 0.15) is 11.6 Å². The van der Waals surface area contributed by atoms with Crippen molar-refractivity contribution in [2.75, 3.05) is 0 Å².